The lowest BCUT2D eigenvalue weighted by Gasteiger charge is -2.19. The largest absolute Gasteiger partial charge is 0.444 e. The molecule has 4 nitrogen and oxygen atoms in total. The summed E-state index contributed by atoms with van der Waals surface area (Å²) < 4.78 is 5.17. The minimum atomic E-state index is -0.475. The number of rotatable bonds is 3. The molecule has 2 aromatic rings. The molecule has 0 spiro atoms. The van der Waals surface area contributed by atoms with Gasteiger partial charge in [0.15, 0.2) is 0 Å². The highest BCUT2D eigenvalue weighted by Crippen LogP contribution is 2.15. The van der Waals surface area contributed by atoms with Crippen LogP contribution in [0, 0.1) is 6.92 Å². The second-order valence-electron chi connectivity index (χ2n) is 6.19. The molecule has 116 valence electrons. The summed E-state index contributed by atoms with van der Waals surface area (Å²) >= 11 is 0. The van der Waals surface area contributed by atoms with Gasteiger partial charge in [-0.05, 0) is 51.5 Å². The average Bonchev–Trinajstić information content (AvgIpc) is 2.41. The molecule has 0 saturated heterocycles. The molecule has 1 N–H and O–H groups in total. The van der Waals surface area contributed by atoms with Gasteiger partial charge in [-0.15, -0.1) is 0 Å². The molecular formula is C18H22N2O2. The second kappa shape index (κ2) is 6.60. The highest BCUT2D eigenvalue weighted by atomic mass is 16.6. The Hall–Kier alpha value is -2.36. The molecule has 0 aliphatic rings. The molecule has 0 fully saturated rings. The van der Waals surface area contributed by atoms with Crippen molar-refractivity contribution in [2.75, 3.05) is 6.54 Å². The smallest absolute Gasteiger partial charge is 0.407 e. The van der Waals surface area contributed by atoms with E-state index in [4.69, 9.17) is 4.74 Å². The number of ether oxygens (including phenoxy) is 1. The molecule has 0 unspecified atom stereocenters. The number of fused-ring (bicyclic) bond motifs is 1. The lowest BCUT2D eigenvalue weighted by atomic mass is 10.1. The van der Waals surface area contributed by atoms with Crippen LogP contribution in [0.15, 0.2) is 36.4 Å². The summed E-state index contributed by atoms with van der Waals surface area (Å²) in [5, 5.41) is 3.80. The number of hydrogen-bond acceptors (Lipinski definition) is 3. The van der Waals surface area contributed by atoms with Crippen molar-refractivity contribution in [2.24, 2.45) is 0 Å². The molecule has 0 radical (unpaired) electrons. The Balaban J connectivity index is 1.93. The lowest BCUT2D eigenvalue weighted by Crippen LogP contribution is -2.32. The van der Waals surface area contributed by atoms with E-state index in [-0.39, 0.29) is 0 Å². The van der Waals surface area contributed by atoms with Crippen LogP contribution in [-0.4, -0.2) is 23.2 Å². The van der Waals surface area contributed by atoms with Gasteiger partial charge < -0.3 is 10.1 Å². The third kappa shape index (κ3) is 4.88. The number of alkyl carbamates (subject to hydrolysis) is 1. The normalized spacial score (nSPS) is 11.8. The summed E-state index contributed by atoms with van der Waals surface area (Å²) in [6.45, 7) is 7.93. The molecule has 1 aromatic carbocycles. The van der Waals surface area contributed by atoms with Gasteiger partial charge in [-0.3, -0.25) is 4.98 Å². The maximum atomic E-state index is 11.5. The van der Waals surface area contributed by atoms with E-state index >= 15 is 0 Å². The van der Waals surface area contributed by atoms with E-state index in [2.05, 4.69) is 22.4 Å². The van der Waals surface area contributed by atoms with Crippen LogP contribution in [0.3, 0.4) is 0 Å². The van der Waals surface area contributed by atoms with E-state index in [1.807, 2.05) is 58.0 Å². The topological polar surface area (TPSA) is 51.2 Å². The van der Waals surface area contributed by atoms with Crippen molar-refractivity contribution >= 4 is 23.1 Å². The van der Waals surface area contributed by atoms with Gasteiger partial charge in [0.25, 0.3) is 0 Å². The van der Waals surface area contributed by atoms with Crippen molar-refractivity contribution in [3.63, 3.8) is 0 Å². The highest BCUT2D eigenvalue weighted by Gasteiger charge is 2.14. The summed E-state index contributed by atoms with van der Waals surface area (Å²) in [6, 6.07) is 10.2. The van der Waals surface area contributed by atoms with E-state index in [0.29, 0.717) is 6.54 Å². The summed E-state index contributed by atoms with van der Waals surface area (Å²) in [4.78, 5) is 16.0. The van der Waals surface area contributed by atoms with Gasteiger partial charge in [-0.25, -0.2) is 4.79 Å². The van der Waals surface area contributed by atoms with Gasteiger partial charge in [-0.1, -0.05) is 24.3 Å². The van der Waals surface area contributed by atoms with Crippen LogP contribution in [0.4, 0.5) is 4.79 Å². The number of aromatic nitrogens is 1. The number of amides is 1. The summed E-state index contributed by atoms with van der Waals surface area (Å²) in [5.41, 5.74) is 2.60. The van der Waals surface area contributed by atoms with Crippen LogP contribution in [0.2, 0.25) is 0 Å². The monoisotopic (exact) mass is 298 g/mol. The van der Waals surface area contributed by atoms with Gasteiger partial charge in [0, 0.05) is 17.6 Å². The van der Waals surface area contributed by atoms with E-state index in [9.17, 15) is 4.79 Å². The number of hydrogen-bond donors (Lipinski definition) is 1. The summed E-state index contributed by atoms with van der Waals surface area (Å²) in [7, 11) is 0. The molecule has 1 heterocycles. The third-order valence-electron chi connectivity index (χ3n) is 2.93. The number of carbonyl (C=O) groups excluding carboxylic acids is 1. The van der Waals surface area contributed by atoms with Gasteiger partial charge in [0.05, 0.1) is 5.52 Å². The molecule has 0 atom stereocenters. The van der Waals surface area contributed by atoms with Crippen LogP contribution < -0.4 is 5.32 Å². The first kappa shape index (κ1) is 16.0. The standard InChI is InChI=1S/C18H22N2O2/c1-13-7-9-15-12-14(8-10-16(15)20-13)6-5-11-19-17(21)22-18(2,3)4/h5-10,12H,11H2,1-4H3,(H,19,21). The minimum Gasteiger partial charge on any atom is -0.444 e. The molecule has 4 heteroatoms. The van der Waals surface area contributed by atoms with E-state index in [1.54, 1.807) is 0 Å². The minimum absolute atomic E-state index is 0.407. The van der Waals surface area contributed by atoms with E-state index < -0.39 is 11.7 Å². The highest BCUT2D eigenvalue weighted by molar-refractivity contribution is 5.81. The van der Waals surface area contributed by atoms with Crippen molar-refractivity contribution in [1.82, 2.24) is 10.3 Å². The second-order valence-corrected chi connectivity index (χ2v) is 6.19. The molecule has 22 heavy (non-hydrogen) atoms. The first-order chi connectivity index (χ1) is 10.3. The Morgan fingerprint density at radius 1 is 1.27 bits per heavy atom. The fraction of sp³-hybridized carbons (Fsp3) is 0.333. The van der Waals surface area contributed by atoms with Crippen molar-refractivity contribution in [2.45, 2.75) is 33.3 Å². The number of carbonyl (C=O) groups is 1. The SMILES string of the molecule is Cc1ccc2cc(C=CCNC(=O)OC(C)(C)C)ccc2n1. The predicted octanol–water partition coefficient (Wildman–Crippen LogP) is 4.08. The Kier molecular flexibility index (Phi) is 4.81. The molecule has 0 bridgehead atoms. The van der Waals surface area contributed by atoms with Gasteiger partial charge in [0.2, 0.25) is 0 Å². The van der Waals surface area contributed by atoms with Gasteiger partial charge in [-0.2, -0.15) is 0 Å². The molecule has 0 aliphatic heterocycles. The van der Waals surface area contributed by atoms with Crippen LogP contribution in [0.25, 0.3) is 17.0 Å². The average molecular weight is 298 g/mol. The van der Waals surface area contributed by atoms with Crippen LogP contribution in [0.1, 0.15) is 32.0 Å². The zero-order valence-corrected chi connectivity index (χ0v) is 13.5. The first-order valence-corrected chi connectivity index (χ1v) is 7.34. The number of benzene rings is 1. The summed E-state index contributed by atoms with van der Waals surface area (Å²) in [5.74, 6) is 0. The molecule has 1 amide bonds. The zero-order valence-electron chi connectivity index (χ0n) is 13.5. The van der Waals surface area contributed by atoms with E-state index in [0.717, 1.165) is 22.2 Å². The number of aryl methyl sites for hydroxylation is 1. The number of pyridine rings is 1. The first-order valence-electron chi connectivity index (χ1n) is 7.34. The zero-order chi connectivity index (χ0) is 16.2. The van der Waals surface area contributed by atoms with Crippen molar-refractivity contribution < 1.29 is 9.53 Å². The third-order valence-corrected chi connectivity index (χ3v) is 2.93. The maximum absolute atomic E-state index is 11.5. The van der Waals surface area contributed by atoms with Gasteiger partial charge in [0.1, 0.15) is 5.60 Å². The fourth-order valence-electron chi connectivity index (χ4n) is 2.00. The summed E-state index contributed by atoms with van der Waals surface area (Å²) in [6.07, 6.45) is 3.46. The number of nitrogens with zero attached hydrogens (tertiary/aromatic N) is 1. The predicted molar refractivity (Wildman–Crippen MR) is 89.8 cm³/mol. The van der Waals surface area contributed by atoms with Crippen LogP contribution in [0.5, 0.6) is 0 Å². The van der Waals surface area contributed by atoms with Crippen LogP contribution in [-0.2, 0) is 4.74 Å². The Labute approximate surface area is 131 Å². The molecule has 0 aliphatic carbocycles. The Morgan fingerprint density at radius 2 is 2.05 bits per heavy atom. The van der Waals surface area contributed by atoms with Crippen molar-refractivity contribution in [1.29, 1.82) is 0 Å². The van der Waals surface area contributed by atoms with Crippen molar-refractivity contribution in [3.8, 4) is 0 Å². The van der Waals surface area contributed by atoms with Crippen LogP contribution >= 0.6 is 0 Å². The Bertz CT molecular complexity index is 700. The molecule has 0 saturated carbocycles. The molecule has 1 aromatic heterocycles. The quantitative estimate of drug-likeness (QED) is 0.929. The van der Waals surface area contributed by atoms with Crippen molar-refractivity contribution in [3.05, 3.63) is 47.7 Å². The van der Waals surface area contributed by atoms with E-state index in [1.165, 1.54) is 0 Å². The lowest BCUT2D eigenvalue weighted by molar-refractivity contribution is 0.0534. The molecule has 2 rings (SSSR count). The molecular weight excluding hydrogens is 276 g/mol. The maximum Gasteiger partial charge on any atom is 0.407 e. The van der Waals surface area contributed by atoms with Gasteiger partial charge >= 0.3 is 6.09 Å². The number of nitrogens with one attached hydrogen (secondary N) is 1. The Morgan fingerprint density at radius 3 is 2.77 bits per heavy atom. The fourth-order valence-corrected chi connectivity index (χ4v) is 2.00.